The van der Waals surface area contributed by atoms with Crippen molar-refractivity contribution in [2.24, 2.45) is 5.41 Å². The van der Waals surface area contributed by atoms with Gasteiger partial charge in [-0.25, -0.2) is 4.39 Å². The van der Waals surface area contributed by atoms with E-state index in [9.17, 15) is 19.1 Å². The Bertz CT molecular complexity index is 1760. The Morgan fingerprint density at radius 2 is 1.72 bits per heavy atom. The number of nitrogens with zero attached hydrogens (tertiary/aromatic N) is 2. The number of benzene rings is 3. The molecule has 1 fully saturated rings. The summed E-state index contributed by atoms with van der Waals surface area (Å²) in [5, 5.41) is 12.2. The number of phenolic OH excluding ortho intramolecular Hbond substituents is 1. The van der Waals surface area contributed by atoms with Crippen LogP contribution in [0.1, 0.15) is 24.0 Å². The van der Waals surface area contributed by atoms with Crippen LogP contribution >= 0.6 is 0 Å². The molecule has 8 heteroatoms. The number of hydrogen-bond acceptors (Lipinski definition) is 5. The summed E-state index contributed by atoms with van der Waals surface area (Å²) >= 11 is 0. The topological polar surface area (TPSA) is 95.5 Å². The number of esters is 1. The summed E-state index contributed by atoms with van der Waals surface area (Å²) in [5.41, 5.74) is 4.73. The number of piperidine rings is 1. The number of para-hydroxylation sites is 1. The molecule has 1 saturated heterocycles. The number of phenols is 1. The summed E-state index contributed by atoms with van der Waals surface area (Å²) in [6.07, 6.45) is 4.98. The highest BCUT2D eigenvalue weighted by atomic mass is 19.1. The van der Waals surface area contributed by atoms with Crippen LogP contribution in [0, 0.1) is 11.2 Å². The molecule has 2 aromatic heterocycles. The fraction of sp³-hybridized carbons (Fsp3) is 0.229. The second kappa shape index (κ2) is 11.7. The Labute approximate surface area is 249 Å². The number of hydrogen-bond donors (Lipinski definition) is 2. The number of nitrogens with one attached hydrogen (secondary N) is 1. The van der Waals surface area contributed by atoms with Crippen molar-refractivity contribution in [3.05, 3.63) is 108 Å². The molecule has 6 rings (SSSR count). The molecule has 0 radical (unpaired) electrons. The Hall–Kier alpha value is -4.98. The molecule has 5 aromatic rings. The lowest BCUT2D eigenvalue weighted by Crippen LogP contribution is -2.48. The van der Waals surface area contributed by atoms with Crippen LogP contribution < -0.4 is 0 Å². The van der Waals surface area contributed by atoms with Crippen molar-refractivity contribution >= 4 is 22.8 Å². The number of carbonyl (C=O) groups is 2. The van der Waals surface area contributed by atoms with Crippen molar-refractivity contribution in [1.29, 1.82) is 0 Å². The minimum atomic E-state index is -0.790. The summed E-state index contributed by atoms with van der Waals surface area (Å²) in [6, 6.07) is 23.5. The van der Waals surface area contributed by atoms with E-state index in [1.54, 1.807) is 23.4 Å². The maximum absolute atomic E-state index is 13.8. The number of halogens is 1. The number of H-pyrrole nitrogens is 1. The van der Waals surface area contributed by atoms with Crippen molar-refractivity contribution in [3.8, 4) is 28.1 Å². The van der Waals surface area contributed by atoms with Crippen LogP contribution in [0.4, 0.5) is 4.39 Å². The monoisotopic (exact) mass is 577 g/mol. The van der Waals surface area contributed by atoms with E-state index in [1.807, 2.05) is 60.7 Å². The maximum atomic E-state index is 13.8. The lowest BCUT2D eigenvalue weighted by atomic mass is 9.73. The number of rotatable bonds is 7. The van der Waals surface area contributed by atoms with Crippen molar-refractivity contribution in [1.82, 2.24) is 14.9 Å². The van der Waals surface area contributed by atoms with Gasteiger partial charge in [-0.1, -0.05) is 48.5 Å². The zero-order valence-electron chi connectivity index (χ0n) is 23.8. The zero-order chi connectivity index (χ0) is 30.0. The van der Waals surface area contributed by atoms with E-state index < -0.39 is 5.41 Å². The molecular weight excluding hydrogens is 545 g/mol. The highest BCUT2D eigenvalue weighted by molar-refractivity contribution is 5.89. The number of likely N-dealkylation sites (tertiary alicyclic amines) is 1. The van der Waals surface area contributed by atoms with Crippen molar-refractivity contribution in [3.63, 3.8) is 0 Å². The van der Waals surface area contributed by atoms with Crippen LogP contribution in [0.5, 0.6) is 5.75 Å². The summed E-state index contributed by atoms with van der Waals surface area (Å²) in [4.78, 5) is 35.3. The average Bonchev–Trinajstić information content (AvgIpc) is 3.46. The maximum Gasteiger partial charge on any atom is 0.312 e. The van der Waals surface area contributed by atoms with Gasteiger partial charge in [0.25, 0.3) is 0 Å². The van der Waals surface area contributed by atoms with Gasteiger partial charge in [0.2, 0.25) is 5.91 Å². The first-order valence-corrected chi connectivity index (χ1v) is 14.3. The van der Waals surface area contributed by atoms with E-state index in [0.29, 0.717) is 43.5 Å². The molecular formula is C35H32FN3O4. The number of pyridine rings is 1. The molecule has 7 nitrogen and oxygen atoms in total. The largest absolute Gasteiger partial charge is 0.507 e. The average molecular weight is 578 g/mol. The van der Waals surface area contributed by atoms with Gasteiger partial charge in [-0.15, -0.1) is 0 Å². The first-order chi connectivity index (χ1) is 20.8. The third-order valence-electron chi connectivity index (χ3n) is 8.49. The lowest BCUT2D eigenvalue weighted by Gasteiger charge is -2.40. The third-order valence-corrected chi connectivity index (χ3v) is 8.49. The van der Waals surface area contributed by atoms with E-state index in [2.05, 4.69) is 9.97 Å². The predicted octanol–water partition coefficient (Wildman–Crippen LogP) is 6.31. The third kappa shape index (κ3) is 5.73. The summed E-state index contributed by atoms with van der Waals surface area (Å²) in [7, 11) is 1.37. The van der Waals surface area contributed by atoms with E-state index >= 15 is 0 Å². The predicted molar refractivity (Wildman–Crippen MR) is 163 cm³/mol. The van der Waals surface area contributed by atoms with E-state index in [4.69, 9.17) is 4.74 Å². The number of methoxy groups -OCH3 is 1. The highest BCUT2D eigenvalue weighted by Gasteiger charge is 2.43. The van der Waals surface area contributed by atoms with Crippen LogP contribution in [0.3, 0.4) is 0 Å². The van der Waals surface area contributed by atoms with Crippen LogP contribution in [0.15, 0.2) is 91.3 Å². The van der Waals surface area contributed by atoms with E-state index in [-0.39, 0.29) is 29.9 Å². The van der Waals surface area contributed by atoms with Gasteiger partial charge < -0.3 is 19.7 Å². The molecule has 218 valence electrons. The van der Waals surface area contributed by atoms with Gasteiger partial charge in [-0.3, -0.25) is 14.6 Å². The minimum absolute atomic E-state index is 0.0184. The number of carbonyl (C=O) groups excluding carboxylic acids is 2. The molecule has 0 aliphatic carbocycles. The highest BCUT2D eigenvalue weighted by Crippen LogP contribution is 2.39. The standard InChI is InChI=1S/C35H32FN3O4/c1-43-34(42)35(21-24-4-2-5-27(36)18-24)13-16-39(17-14-35)32(40)19-23-8-10-25(11-9-23)28-6-3-7-29(33(28)41)30-20-26-12-15-37-22-31(26)38-30/h2-12,15,18,20,22,38,41H,13-14,16-17,19,21H2,1H3. The van der Waals surface area contributed by atoms with Crippen molar-refractivity contribution in [2.75, 3.05) is 20.2 Å². The van der Waals surface area contributed by atoms with Gasteiger partial charge in [0.15, 0.2) is 0 Å². The first kappa shape index (κ1) is 28.2. The lowest BCUT2D eigenvalue weighted by molar-refractivity contribution is -0.157. The fourth-order valence-corrected chi connectivity index (χ4v) is 6.09. The van der Waals surface area contributed by atoms with E-state index in [0.717, 1.165) is 33.3 Å². The fourth-order valence-electron chi connectivity index (χ4n) is 6.09. The Kier molecular flexibility index (Phi) is 7.67. The van der Waals surface area contributed by atoms with Gasteiger partial charge in [0.1, 0.15) is 11.6 Å². The smallest absolute Gasteiger partial charge is 0.312 e. The summed E-state index contributed by atoms with van der Waals surface area (Å²) in [5.74, 6) is -0.513. The molecule has 1 amide bonds. The summed E-state index contributed by atoms with van der Waals surface area (Å²) < 4.78 is 18.9. The van der Waals surface area contributed by atoms with Crippen LogP contribution in [0.25, 0.3) is 33.3 Å². The zero-order valence-corrected chi connectivity index (χ0v) is 23.8. The molecule has 0 spiro atoms. The van der Waals surface area contributed by atoms with Crippen LogP contribution in [-0.2, 0) is 27.2 Å². The normalized spacial score (nSPS) is 14.5. The second-order valence-corrected chi connectivity index (χ2v) is 11.2. The molecule has 2 N–H and O–H groups in total. The molecule has 43 heavy (non-hydrogen) atoms. The van der Waals surface area contributed by atoms with Gasteiger partial charge in [0.05, 0.1) is 36.4 Å². The van der Waals surface area contributed by atoms with Crippen molar-refractivity contribution in [2.45, 2.75) is 25.7 Å². The van der Waals surface area contributed by atoms with Crippen LogP contribution in [-0.4, -0.2) is 52.1 Å². The SMILES string of the molecule is COC(=O)C1(Cc2cccc(F)c2)CCN(C(=O)Cc2ccc(-c3cccc(-c4cc5ccncc5[nH]4)c3O)cc2)CC1. The number of aromatic amines is 1. The molecule has 3 aromatic carbocycles. The number of fused-ring (bicyclic) bond motifs is 1. The Morgan fingerprint density at radius 1 is 0.977 bits per heavy atom. The van der Waals surface area contributed by atoms with Gasteiger partial charge in [0, 0.05) is 35.8 Å². The minimum Gasteiger partial charge on any atom is -0.507 e. The molecule has 1 aliphatic rings. The Morgan fingerprint density at radius 3 is 2.44 bits per heavy atom. The number of aromatic nitrogens is 2. The molecule has 0 saturated carbocycles. The molecule has 0 atom stereocenters. The van der Waals surface area contributed by atoms with Gasteiger partial charge in [-0.2, -0.15) is 0 Å². The quantitative estimate of drug-likeness (QED) is 0.221. The molecule has 3 heterocycles. The van der Waals surface area contributed by atoms with E-state index in [1.165, 1.54) is 19.2 Å². The van der Waals surface area contributed by atoms with Gasteiger partial charge >= 0.3 is 5.97 Å². The molecule has 1 aliphatic heterocycles. The first-order valence-electron chi connectivity index (χ1n) is 14.3. The Balaban J connectivity index is 1.12. The van der Waals surface area contributed by atoms with Crippen molar-refractivity contribution < 1.29 is 23.8 Å². The number of ether oxygens (including phenoxy) is 1. The second-order valence-electron chi connectivity index (χ2n) is 11.2. The summed E-state index contributed by atoms with van der Waals surface area (Å²) in [6.45, 7) is 0.845. The molecule has 0 bridgehead atoms. The van der Waals surface area contributed by atoms with Gasteiger partial charge in [-0.05, 0) is 66.3 Å². The molecule has 0 unspecified atom stereocenters. The number of aromatic hydroxyl groups is 1. The number of amides is 1. The van der Waals surface area contributed by atoms with Crippen LogP contribution in [0.2, 0.25) is 0 Å².